The first-order valence-corrected chi connectivity index (χ1v) is 12.5. The molecular weight excluding hydrogens is 408 g/mol. The summed E-state index contributed by atoms with van der Waals surface area (Å²) in [7, 11) is 1.71. The zero-order valence-corrected chi connectivity index (χ0v) is 20.1. The number of benzene rings is 2. The number of nitrogens with one attached hydrogen (secondary N) is 1. The van der Waals surface area contributed by atoms with Gasteiger partial charge in [0.2, 0.25) is 0 Å². The summed E-state index contributed by atoms with van der Waals surface area (Å²) in [6.07, 6.45) is 10.3. The number of piperidine rings is 1. The van der Waals surface area contributed by atoms with Gasteiger partial charge in [0.1, 0.15) is 5.75 Å². The lowest BCUT2D eigenvalue weighted by Gasteiger charge is -2.27. The van der Waals surface area contributed by atoms with Crippen molar-refractivity contribution >= 4 is 10.9 Å². The number of pyridine rings is 1. The van der Waals surface area contributed by atoms with E-state index >= 15 is 0 Å². The summed E-state index contributed by atoms with van der Waals surface area (Å²) in [4.78, 5) is 4.58. The van der Waals surface area contributed by atoms with Gasteiger partial charge in [-0.15, -0.1) is 0 Å². The molecule has 176 valence electrons. The number of aromatic nitrogens is 1. The van der Waals surface area contributed by atoms with Gasteiger partial charge in [-0.2, -0.15) is 0 Å². The molecule has 1 aliphatic heterocycles. The summed E-state index contributed by atoms with van der Waals surface area (Å²) in [6.45, 7) is 4.25. The highest BCUT2D eigenvalue weighted by atomic mass is 16.5. The third-order valence-corrected chi connectivity index (χ3v) is 7.21. The van der Waals surface area contributed by atoms with Gasteiger partial charge in [0.05, 0.1) is 18.7 Å². The number of hydrogen-bond donors (Lipinski definition) is 2. The minimum Gasteiger partial charge on any atom is -0.497 e. The number of aliphatic hydroxyl groups excluding tert-OH is 1. The highest BCUT2D eigenvalue weighted by Crippen LogP contribution is 2.26. The highest BCUT2D eigenvalue weighted by Gasteiger charge is 2.20. The maximum absolute atomic E-state index is 10.5. The Bertz CT molecular complexity index is 1030. The lowest BCUT2D eigenvalue weighted by molar-refractivity contribution is 0.0793. The molecule has 4 rings (SSSR count). The summed E-state index contributed by atoms with van der Waals surface area (Å²) in [5.41, 5.74) is 6.42. The van der Waals surface area contributed by atoms with Crippen molar-refractivity contribution in [1.29, 1.82) is 0 Å². The fraction of sp³-hybridized carbons (Fsp3) is 0.483. The zero-order valence-electron chi connectivity index (χ0n) is 20.1. The van der Waals surface area contributed by atoms with E-state index < -0.39 is 0 Å². The summed E-state index contributed by atoms with van der Waals surface area (Å²) in [6, 6.07) is 15.2. The molecule has 33 heavy (non-hydrogen) atoms. The molecular formula is C29H38N2O2. The van der Waals surface area contributed by atoms with E-state index in [0.29, 0.717) is 5.92 Å². The van der Waals surface area contributed by atoms with E-state index in [9.17, 15) is 5.11 Å². The van der Waals surface area contributed by atoms with Crippen molar-refractivity contribution in [3.63, 3.8) is 0 Å². The second-order valence-electron chi connectivity index (χ2n) is 9.52. The van der Waals surface area contributed by atoms with Crippen molar-refractivity contribution in [2.45, 2.75) is 64.4 Å². The van der Waals surface area contributed by atoms with Crippen LogP contribution in [0.2, 0.25) is 0 Å². The van der Waals surface area contributed by atoms with Crippen molar-refractivity contribution in [2.75, 3.05) is 20.2 Å². The Morgan fingerprint density at radius 2 is 1.70 bits per heavy atom. The van der Waals surface area contributed by atoms with E-state index in [4.69, 9.17) is 4.74 Å². The molecule has 3 aromatic rings. The van der Waals surface area contributed by atoms with Gasteiger partial charge in [0.15, 0.2) is 0 Å². The molecule has 1 unspecified atom stereocenters. The molecule has 1 atom stereocenters. The van der Waals surface area contributed by atoms with Gasteiger partial charge in [-0.3, -0.25) is 4.98 Å². The third kappa shape index (κ3) is 6.33. The summed E-state index contributed by atoms with van der Waals surface area (Å²) >= 11 is 0. The van der Waals surface area contributed by atoms with Gasteiger partial charge in [-0.1, -0.05) is 24.3 Å². The van der Waals surface area contributed by atoms with Gasteiger partial charge in [-0.25, -0.2) is 0 Å². The van der Waals surface area contributed by atoms with Gasteiger partial charge in [0.25, 0.3) is 0 Å². The van der Waals surface area contributed by atoms with Gasteiger partial charge in [0, 0.05) is 11.6 Å². The second kappa shape index (κ2) is 11.6. The maximum atomic E-state index is 10.5. The van der Waals surface area contributed by atoms with Crippen molar-refractivity contribution in [3.8, 4) is 5.75 Å². The number of rotatable bonds is 10. The number of nitrogens with zero attached hydrogens (tertiary/aromatic N) is 1. The quantitative estimate of drug-likeness (QED) is 0.437. The monoisotopic (exact) mass is 446 g/mol. The van der Waals surface area contributed by atoms with Crippen LogP contribution in [0.25, 0.3) is 10.9 Å². The molecule has 0 aliphatic carbocycles. The van der Waals surface area contributed by atoms with Crippen LogP contribution < -0.4 is 10.1 Å². The van der Waals surface area contributed by atoms with Crippen molar-refractivity contribution in [3.05, 3.63) is 70.9 Å². The summed E-state index contributed by atoms with van der Waals surface area (Å²) in [5, 5.41) is 15.0. The molecule has 0 amide bonds. The molecule has 2 aromatic carbocycles. The van der Waals surface area contributed by atoms with Crippen LogP contribution in [0.5, 0.6) is 5.75 Å². The Morgan fingerprint density at radius 1 is 1.00 bits per heavy atom. The highest BCUT2D eigenvalue weighted by molar-refractivity contribution is 5.84. The fourth-order valence-corrected chi connectivity index (χ4v) is 5.11. The molecule has 0 spiro atoms. The summed E-state index contributed by atoms with van der Waals surface area (Å²) < 4.78 is 5.43. The summed E-state index contributed by atoms with van der Waals surface area (Å²) in [5.74, 6) is 1.37. The van der Waals surface area contributed by atoms with Crippen LogP contribution in [-0.2, 0) is 19.3 Å². The molecule has 4 heteroatoms. The Kier molecular flexibility index (Phi) is 8.35. The standard InChI is InChI=1S/C29H38N2O2/c1-21-20-31-28-14-13-25(33-2)19-27(28)26(21)7-3-5-22-9-11-23(12-10-22)6-4-8-29(32)24-15-17-30-18-16-24/h9-14,19-20,24,29-30,32H,3-8,15-18H2,1-2H3. The first kappa shape index (κ1) is 23.7. The SMILES string of the molecule is COc1ccc2ncc(C)c(CCCc3ccc(CCCC(O)C4CCNCC4)cc3)c2c1. The average molecular weight is 447 g/mol. The molecule has 0 bridgehead atoms. The van der Waals surface area contributed by atoms with Crippen LogP contribution in [0.1, 0.15) is 54.4 Å². The molecule has 2 heterocycles. The number of methoxy groups -OCH3 is 1. The van der Waals surface area contributed by atoms with E-state index in [2.05, 4.69) is 47.6 Å². The molecule has 1 aliphatic rings. The predicted octanol–water partition coefficient (Wildman–Crippen LogP) is 5.41. The van der Waals surface area contributed by atoms with Crippen molar-refractivity contribution < 1.29 is 9.84 Å². The minimum absolute atomic E-state index is 0.140. The van der Waals surface area contributed by atoms with Crippen molar-refractivity contribution in [1.82, 2.24) is 10.3 Å². The van der Waals surface area contributed by atoms with Gasteiger partial charge in [-0.05, 0) is 118 Å². The molecule has 4 nitrogen and oxygen atoms in total. The lowest BCUT2D eigenvalue weighted by atomic mass is 9.89. The van der Waals surface area contributed by atoms with E-state index in [1.165, 1.54) is 27.6 Å². The number of aryl methyl sites for hydroxylation is 4. The maximum Gasteiger partial charge on any atom is 0.119 e. The first-order valence-electron chi connectivity index (χ1n) is 12.5. The van der Waals surface area contributed by atoms with Crippen LogP contribution >= 0.6 is 0 Å². The van der Waals surface area contributed by atoms with E-state index in [0.717, 1.165) is 75.7 Å². The van der Waals surface area contributed by atoms with Crippen LogP contribution in [0.3, 0.4) is 0 Å². The normalized spacial score (nSPS) is 15.6. The molecule has 0 saturated carbocycles. The Morgan fingerprint density at radius 3 is 2.39 bits per heavy atom. The third-order valence-electron chi connectivity index (χ3n) is 7.21. The number of ether oxygens (including phenoxy) is 1. The second-order valence-corrected chi connectivity index (χ2v) is 9.52. The molecule has 2 N–H and O–H groups in total. The molecule has 1 aromatic heterocycles. The van der Waals surface area contributed by atoms with Crippen LogP contribution in [0.15, 0.2) is 48.7 Å². The lowest BCUT2D eigenvalue weighted by Crippen LogP contribution is -2.34. The average Bonchev–Trinajstić information content (AvgIpc) is 2.86. The van der Waals surface area contributed by atoms with E-state index in [1.54, 1.807) is 7.11 Å². The van der Waals surface area contributed by atoms with Crippen LogP contribution in [-0.4, -0.2) is 36.4 Å². The van der Waals surface area contributed by atoms with Crippen molar-refractivity contribution in [2.24, 2.45) is 5.92 Å². The van der Waals surface area contributed by atoms with Gasteiger partial charge >= 0.3 is 0 Å². The van der Waals surface area contributed by atoms with Crippen LogP contribution in [0, 0.1) is 12.8 Å². The predicted molar refractivity (Wildman–Crippen MR) is 136 cm³/mol. The Balaban J connectivity index is 1.26. The topological polar surface area (TPSA) is 54.4 Å². The van der Waals surface area contributed by atoms with E-state index in [-0.39, 0.29) is 6.10 Å². The number of fused-ring (bicyclic) bond motifs is 1. The Labute approximate surface area is 198 Å². The minimum atomic E-state index is -0.140. The van der Waals surface area contributed by atoms with Gasteiger partial charge < -0.3 is 15.2 Å². The number of aliphatic hydroxyl groups is 1. The molecule has 1 saturated heterocycles. The van der Waals surface area contributed by atoms with E-state index in [1.807, 2.05) is 18.3 Å². The zero-order chi connectivity index (χ0) is 23.0. The molecule has 0 radical (unpaired) electrons. The van der Waals surface area contributed by atoms with Crippen LogP contribution in [0.4, 0.5) is 0 Å². The first-order chi connectivity index (χ1) is 16.1. The largest absolute Gasteiger partial charge is 0.497 e. The Hall–Kier alpha value is -2.43. The number of hydrogen-bond acceptors (Lipinski definition) is 4. The smallest absolute Gasteiger partial charge is 0.119 e. The fourth-order valence-electron chi connectivity index (χ4n) is 5.11. The molecule has 1 fully saturated rings.